The standard InChI is InChI=1S/C29H34N4O6/c1-36-22-12-8-11-21(17-22)33(29(35)23-18-30-13-14-31-23)26(28(34)32-20-9-6-5-7-10-20)19-15-24(37-2)27(39-4)25(16-19)38-3/h8,11-18,20,26H,5-7,9-10H2,1-4H3,(H,32,34)/t26-/m1/s1. The van der Waals surface area contributed by atoms with Gasteiger partial charge in [0.1, 0.15) is 17.5 Å². The van der Waals surface area contributed by atoms with Crippen LogP contribution in [0, 0.1) is 0 Å². The van der Waals surface area contributed by atoms with Gasteiger partial charge in [0.25, 0.3) is 5.91 Å². The van der Waals surface area contributed by atoms with E-state index in [2.05, 4.69) is 15.3 Å². The molecule has 2 aromatic carbocycles. The molecule has 0 saturated heterocycles. The Bertz CT molecular complexity index is 1250. The second-order valence-electron chi connectivity index (χ2n) is 9.17. The smallest absolute Gasteiger partial charge is 0.279 e. The summed E-state index contributed by atoms with van der Waals surface area (Å²) in [5.74, 6) is 0.786. The average molecular weight is 535 g/mol. The molecule has 1 N–H and O–H groups in total. The molecule has 206 valence electrons. The summed E-state index contributed by atoms with van der Waals surface area (Å²) in [4.78, 5) is 38.0. The van der Waals surface area contributed by atoms with Crippen LogP contribution in [-0.2, 0) is 4.79 Å². The third kappa shape index (κ3) is 6.22. The number of carbonyl (C=O) groups excluding carboxylic acids is 2. The second-order valence-corrected chi connectivity index (χ2v) is 9.17. The monoisotopic (exact) mass is 534 g/mol. The summed E-state index contributed by atoms with van der Waals surface area (Å²) in [6, 6.07) is 9.24. The first kappa shape index (κ1) is 27.7. The predicted octanol–water partition coefficient (Wildman–Crippen LogP) is 4.35. The van der Waals surface area contributed by atoms with E-state index in [1.54, 1.807) is 43.5 Å². The van der Waals surface area contributed by atoms with Crippen molar-refractivity contribution in [1.29, 1.82) is 0 Å². The molecule has 10 nitrogen and oxygen atoms in total. The van der Waals surface area contributed by atoms with Gasteiger partial charge in [0, 0.05) is 30.2 Å². The molecule has 3 aromatic rings. The van der Waals surface area contributed by atoms with Gasteiger partial charge in [0.05, 0.1) is 34.6 Å². The summed E-state index contributed by atoms with van der Waals surface area (Å²) < 4.78 is 22.1. The molecule has 1 fully saturated rings. The lowest BCUT2D eigenvalue weighted by Gasteiger charge is -2.33. The number of anilines is 1. The fraction of sp³-hybridized carbons (Fsp3) is 0.379. The molecule has 2 amide bonds. The molecule has 0 aliphatic heterocycles. The summed E-state index contributed by atoms with van der Waals surface area (Å²) in [7, 11) is 6.05. The van der Waals surface area contributed by atoms with Gasteiger partial charge >= 0.3 is 0 Å². The molecular formula is C29H34N4O6. The van der Waals surface area contributed by atoms with Crippen LogP contribution < -0.4 is 29.2 Å². The first-order valence-corrected chi connectivity index (χ1v) is 12.8. The van der Waals surface area contributed by atoms with Gasteiger partial charge in [-0.2, -0.15) is 0 Å². The van der Waals surface area contributed by atoms with Crippen LogP contribution in [0.1, 0.15) is 54.2 Å². The minimum atomic E-state index is -1.11. The van der Waals surface area contributed by atoms with Gasteiger partial charge in [0.2, 0.25) is 11.7 Å². The first-order valence-electron chi connectivity index (χ1n) is 12.8. The molecule has 10 heteroatoms. The SMILES string of the molecule is COc1cccc(N(C(=O)c2cnccn2)[C@@H](C(=O)NC2CCCCC2)c2cc(OC)c(OC)c(OC)c2)c1. The summed E-state index contributed by atoms with van der Waals surface area (Å²) in [5, 5.41) is 3.19. The van der Waals surface area contributed by atoms with Crippen LogP contribution >= 0.6 is 0 Å². The van der Waals surface area contributed by atoms with Gasteiger partial charge in [-0.15, -0.1) is 0 Å². The zero-order chi connectivity index (χ0) is 27.8. The number of methoxy groups -OCH3 is 4. The van der Waals surface area contributed by atoms with E-state index in [0.717, 1.165) is 32.1 Å². The summed E-state index contributed by atoms with van der Waals surface area (Å²) >= 11 is 0. The molecule has 0 spiro atoms. The first-order chi connectivity index (χ1) is 19.0. The summed E-state index contributed by atoms with van der Waals surface area (Å²) in [5.41, 5.74) is 1.00. The number of ether oxygens (including phenoxy) is 4. The van der Waals surface area contributed by atoms with Crippen LogP contribution in [-0.4, -0.2) is 56.3 Å². The predicted molar refractivity (Wildman–Crippen MR) is 146 cm³/mol. The lowest BCUT2D eigenvalue weighted by Crippen LogP contribution is -2.47. The Morgan fingerprint density at radius 2 is 1.64 bits per heavy atom. The Morgan fingerprint density at radius 3 is 2.23 bits per heavy atom. The van der Waals surface area contributed by atoms with Crippen LogP contribution in [0.3, 0.4) is 0 Å². The van der Waals surface area contributed by atoms with Gasteiger partial charge in [-0.25, -0.2) is 4.98 Å². The average Bonchev–Trinajstić information content (AvgIpc) is 2.99. The Morgan fingerprint density at radius 1 is 0.923 bits per heavy atom. The van der Waals surface area contributed by atoms with Gasteiger partial charge in [-0.1, -0.05) is 25.3 Å². The maximum Gasteiger partial charge on any atom is 0.279 e. The van der Waals surface area contributed by atoms with Crippen molar-refractivity contribution < 1.29 is 28.5 Å². The van der Waals surface area contributed by atoms with E-state index in [0.29, 0.717) is 34.2 Å². The Labute approximate surface area is 228 Å². The van der Waals surface area contributed by atoms with E-state index in [4.69, 9.17) is 18.9 Å². The second kappa shape index (κ2) is 12.9. The maximum atomic E-state index is 14.2. The maximum absolute atomic E-state index is 14.2. The van der Waals surface area contributed by atoms with Crippen LogP contribution in [0.4, 0.5) is 5.69 Å². The van der Waals surface area contributed by atoms with Crippen molar-refractivity contribution in [2.75, 3.05) is 33.3 Å². The highest BCUT2D eigenvalue weighted by molar-refractivity contribution is 6.09. The van der Waals surface area contributed by atoms with Crippen molar-refractivity contribution in [2.45, 2.75) is 44.2 Å². The van der Waals surface area contributed by atoms with Crippen molar-refractivity contribution >= 4 is 17.5 Å². The highest BCUT2D eigenvalue weighted by Gasteiger charge is 2.36. The molecule has 1 heterocycles. The summed E-state index contributed by atoms with van der Waals surface area (Å²) in [6.07, 6.45) is 9.28. The molecule has 1 aliphatic carbocycles. The lowest BCUT2D eigenvalue weighted by molar-refractivity contribution is -0.123. The number of rotatable bonds is 10. The van der Waals surface area contributed by atoms with Crippen LogP contribution in [0.5, 0.6) is 23.0 Å². The van der Waals surface area contributed by atoms with E-state index < -0.39 is 11.9 Å². The number of hydrogen-bond donors (Lipinski definition) is 1. The third-order valence-corrected chi connectivity index (χ3v) is 6.79. The van der Waals surface area contributed by atoms with Crippen LogP contribution in [0.2, 0.25) is 0 Å². The lowest BCUT2D eigenvalue weighted by atomic mass is 9.94. The number of nitrogens with one attached hydrogen (secondary N) is 1. The molecule has 0 radical (unpaired) electrons. The number of nitrogens with zero attached hydrogens (tertiary/aromatic N) is 3. The fourth-order valence-electron chi connectivity index (χ4n) is 4.88. The highest BCUT2D eigenvalue weighted by atomic mass is 16.5. The van der Waals surface area contributed by atoms with E-state index in [9.17, 15) is 9.59 Å². The van der Waals surface area contributed by atoms with Crippen LogP contribution in [0.15, 0.2) is 55.0 Å². The van der Waals surface area contributed by atoms with E-state index in [1.807, 2.05) is 0 Å². The molecule has 1 saturated carbocycles. The van der Waals surface area contributed by atoms with Crippen molar-refractivity contribution in [3.63, 3.8) is 0 Å². The van der Waals surface area contributed by atoms with Crippen molar-refractivity contribution in [3.05, 3.63) is 66.2 Å². The largest absolute Gasteiger partial charge is 0.497 e. The van der Waals surface area contributed by atoms with Gasteiger partial charge < -0.3 is 24.3 Å². The number of carbonyl (C=O) groups is 2. The highest BCUT2D eigenvalue weighted by Crippen LogP contribution is 2.42. The van der Waals surface area contributed by atoms with Crippen molar-refractivity contribution in [3.8, 4) is 23.0 Å². The molecule has 0 unspecified atom stereocenters. The molecule has 39 heavy (non-hydrogen) atoms. The Hall–Kier alpha value is -4.34. The number of benzene rings is 2. The fourth-order valence-corrected chi connectivity index (χ4v) is 4.88. The van der Waals surface area contributed by atoms with Crippen LogP contribution in [0.25, 0.3) is 0 Å². The number of hydrogen-bond acceptors (Lipinski definition) is 8. The minimum absolute atomic E-state index is 0.00886. The molecule has 4 rings (SSSR count). The summed E-state index contributed by atoms with van der Waals surface area (Å²) in [6.45, 7) is 0. The molecule has 1 atom stereocenters. The van der Waals surface area contributed by atoms with E-state index in [-0.39, 0.29) is 17.6 Å². The zero-order valence-corrected chi connectivity index (χ0v) is 22.7. The molecule has 1 aromatic heterocycles. The van der Waals surface area contributed by atoms with E-state index in [1.165, 1.54) is 44.8 Å². The Balaban J connectivity index is 1.91. The zero-order valence-electron chi connectivity index (χ0n) is 22.7. The van der Waals surface area contributed by atoms with Crippen molar-refractivity contribution in [2.24, 2.45) is 0 Å². The van der Waals surface area contributed by atoms with Crippen molar-refractivity contribution in [1.82, 2.24) is 15.3 Å². The molecular weight excluding hydrogens is 500 g/mol. The topological polar surface area (TPSA) is 112 Å². The quantitative estimate of drug-likeness (QED) is 0.409. The number of amides is 2. The van der Waals surface area contributed by atoms with Gasteiger partial charge in [0.15, 0.2) is 11.5 Å². The van der Waals surface area contributed by atoms with Gasteiger partial charge in [-0.05, 0) is 42.7 Å². The minimum Gasteiger partial charge on any atom is -0.497 e. The van der Waals surface area contributed by atoms with E-state index >= 15 is 0 Å². The Kier molecular flexibility index (Phi) is 9.19. The molecule has 0 bridgehead atoms. The molecule has 1 aliphatic rings. The number of aromatic nitrogens is 2. The third-order valence-electron chi connectivity index (χ3n) is 6.79. The van der Waals surface area contributed by atoms with Gasteiger partial charge in [-0.3, -0.25) is 19.5 Å². The normalized spacial score (nSPS) is 14.2.